The molecule has 1 N–H and O–H groups in total. The van der Waals surface area contributed by atoms with E-state index in [0.717, 1.165) is 23.8 Å². The first-order valence-electron chi connectivity index (χ1n) is 10.2. The molecule has 3 fully saturated rings. The van der Waals surface area contributed by atoms with Crippen LogP contribution >= 0.6 is 0 Å². The van der Waals surface area contributed by atoms with Crippen LogP contribution in [0.15, 0.2) is 18.2 Å². The van der Waals surface area contributed by atoms with Gasteiger partial charge in [-0.2, -0.15) is 0 Å². The second-order valence-electron chi connectivity index (χ2n) is 9.36. The van der Waals surface area contributed by atoms with E-state index >= 15 is 0 Å². The van der Waals surface area contributed by atoms with Gasteiger partial charge in [-0.1, -0.05) is 19.9 Å². The van der Waals surface area contributed by atoms with Crippen LogP contribution in [-0.4, -0.2) is 30.6 Å². The van der Waals surface area contributed by atoms with Crippen molar-refractivity contribution in [3.8, 4) is 0 Å². The van der Waals surface area contributed by atoms with E-state index in [1.165, 1.54) is 63.8 Å². The van der Waals surface area contributed by atoms with E-state index in [4.69, 9.17) is 0 Å². The quantitative estimate of drug-likeness (QED) is 0.861. The monoisotopic (exact) mass is 324 g/mol. The van der Waals surface area contributed by atoms with Gasteiger partial charge in [0.05, 0.1) is 0 Å². The van der Waals surface area contributed by atoms with Crippen LogP contribution in [0.3, 0.4) is 0 Å². The van der Waals surface area contributed by atoms with E-state index in [-0.39, 0.29) is 0 Å². The summed E-state index contributed by atoms with van der Waals surface area (Å²) in [6.45, 7) is 8.91. The summed E-state index contributed by atoms with van der Waals surface area (Å²) in [5, 5.41) is 3.70. The molecule has 1 heterocycles. The van der Waals surface area contributed by atoms with Crippen molar-refractivity contribution in [3.63, 3.8) is 0 Å². The summed E-state index contributed by atoms with van der Waals surface area (Å²) in [5.41, 5.74) is 5.00. The molecule has 4 aliphatic rings. The van der Waals surface area contributed by atoms with Crippen molar-refractivity contribution in [1.82, 2.24) is 4.90 Å². The Labute approximate surface area is 147 Å². The molecule has 1 aromatic carbocycles. The van der Waals surface area contributed by atoms with Gasteiger partial charge in [0.15, 0.2) is 0 Å². The number of piperidine rings is 1. The number of hydrogen-bond donors (Lipinski definition) is 1. The van der Waals surface area contributed by atoms with Gasteiger partial charge in [-0.25, -0.2) is 0 Å². The van der Waals surface area contributed by atoms with E-state index in [0.29, 0.717) is 5.41 Å². The number of nitrogens with one attached hydrogen (secondary N) is 1. The molecule has 0 radical (unpaired) electrons. The fourth-order valence-corrected chi connectivity index (χ4v) is 5.26. The summed E-state index contributed by atoms with van der Waals surface area (Å²) in [6, 6.07) is 8.03. The van der Waals surface area contributed by atoms with Gasteiger partial charge >= 0.3 is 0 Å². The van der Waals surface area contributed by atoms with Crippen molar-refractivity contribution in [3.05, 3.63) is 29.3 Å². The number of rotatable bonds is 5. The Kier molecular flexibility index (Phi) is 3.49. The normalized spacial score (nSPS) is 35.6. The SMILES string of the molecule is C[C@@H]1[C@H]2Cc3ccc(NCC4CC4)cc3[C@]1(C)CCN2CC1CC1. The second-order valence-corrected chi connectivity index (χ2v) is 9.36. The zero-order valence-corrected chi connectivity index (χ0v) is 15.4. The highest BCUT2D eigenvalue weighted by Gasteiger charge is 2.49. The van der Waals surface area contributed by atoms with Gasteiger partial charge < -0.3 is 5.32 Å². The van der Waals surface area contributed by atoms with Gasteiger partial charge in [0.1, 0.15) is 0 Å². The number of anilines is 1. The molecule has 2 bridgehead atoms. The zero-order chi connectivity index (χ0) is 16.3. The molecule has 3 aliphatic carbocycles. The molecule has 130 valence electrons. The minimum absolute atomic E-state index is 0.371. The van der Waals surface area contributed by atoms with Crippen molar-refractivity contribution in [1.29, 1.82) is 0 Å². The lowest BCUT2D eigenvalue weighted by Gasteiger charge is -2.55. The fraction of sp³-hybridized carbons (Fsp3) is 0.727. The summed E-state index contributed by atoms with van der Waals surface area (Å²) in [4.78, 5) is 2.84. The van der Waals surface area contributed by atoms with Gasteiger partial charge in [0.2, 0.25) is 0 Å². The van der Waals surface area contributed by atoms with Gasteiger partial charge in [-0.05, 0) is 91.5 Å². The van der Waals surface area contributed by atoms with Crippen molar-refractivity contribution < 1.29 is 0 Å². The average Bonchev–Trinajstić information content (AvgIpc) is 3.47. The molecule has 0 aromatic heterocycles. The van der Waals surface area contributed by atoms with E-state index in [9.17, 15) is 0 Å². The van der Waals surface area contributed by atoms with E-state index in [1.54, 1.807) is 11.1 Å². The Morgan fingerprint density at radius 1 is 1.17 bits per heavy atom. The molecule has 1 aliphatic heterocycles. The van der Waals surface area contributed by atoms with Crippen LogP contribution in [-0.2, 0) is 11.8 Å². The summed E-state index contributed by atoms with van der Waals surface area (Å²) in [7, 11) is 0. The third-order valence-corrected chi connectivity index (χ3v) is 7.61. The first kappa shape index (κ1) is 15.3. The molecule has 1 saturated heterocycles. The second kappa shape index (κ2) is 5.49. The lowest BCUT2D eigenvalue weighted by molar-refractivity contribution is 0.0284. The molecule has 0 unspecified atom stereocenters. The molecule has 2 saturated carbocycles. The highest BCUT2D eigenvalue weighted by Crippen LogP contribution is 2.50. The lowest BCUT2D eigenvalue weighted by atomic mass is 9.59. The number of fused-ring (bicyclic) bond motifs is 4. The van der Waals surface area contributed by atoms with Crippen LogP contribution in [0.25, 0.3) is 0 Å². The van der Waals surface area contributed by atoms with Crippen LogP contribution < -0.4 is 5.32 Å². The standard InChI is InChI=1S/C22H32N2/c1-15-21-11-18-7-8-19(23-13-16-3-4-16)12-20(18)22(15,2)9-10-24(21)14-17-5-6-17/h7-8,12,15-17,21,23H,3-6,9-11,13-14H2,1-2H3/t15-,21-,22-/m1/s1. The number of hydrogen-bond acceptors (Lipinski definition) is 2. The predicted molar refractivity (Wildman–Crippen MR) is 101 cm³/mol. The molecule has 24 heavy (non-hydrogen) atoms. The highest BCUT2D eigenvalue weighted by atomic mass is 15.2. The summed E-state index contributed by atoms with van der Waals surface area (Å²) in [5.74, 6) is 2.72. The minimum Gasteiger partial charge on any atom is -0.385 e. The predicted octanol–water partition coefficient (Wildman–Crippen LogP) is 4.44. The third-order valence-electron chi connectivity index (χ3n) is 7.61. The number of nitrogens with zero attached hydrogens (tertiary/aromatic N) is 1. The number of likely N-dealkylation sites (tertiary alicyclic amines) is 1. The van der Waals surface area contributed by atoms with Crippen LogP contribution in [0.4, 0.5) is 5.69 Å². The lowest BCUT2D eigenvalue weighted by Crippen LogP contribution is -2.58. The Bertz CT molecular complexity index is 631. The molecule has 0 amide bonds. The van der Waals surface area contributed by atoms with Gasteiger partial charge in [0.25, 0.3) is 0 Å². The van der Waals surface area contributed by atoms with Crippen LogP contribution in [0.2, 0.25) is 0 Å². The van der Waals surface area contributed by atoms with Crippen molar-refractivity contribution in [2.75, 3.05) is 25.0 Å². The van der Waals surface area contributed by atoms with Gasteiger partial charge in [0, 0.05) is 24.8 Å². The molecule has 3 atom stereocenters. The summed E-state index contributed by atoms with van der Waals surface area (Å²) >= 11 is 0. The van der Waals surface area contributed by atoms with Crippen molar-refractivity contribution >= 4 is 5.69 Å². The molecular weight excluding hydrogens is 292 g/mol. The number of benzene rings is 1. The molecule has 1 aromatic rings. The average molecular weight is 325 g/mol. The Balaban J connectivity index is 1.42. The third kappa shape index (κ3) is 2.58. The Morgan fingerprint density at radius 2 is 1.96 bits per heavy atom. The maximum Gasteiger partial charge on any atom is 0.0343 e. The molecule has 0 spiro atoms. The maximum atomic E-state index is 3.70. The summed E-state index contributed by atoms with van der Waals surface area (Å²) < 4.78 is 0. The topological polar surface area (TPSA) is 15.3 Å². The first-order chi connectivity index (χ1) is 11.6. The fourth-order valence-electron chi connectivity index (χ4n) is 5.26. The molecule has 5 rings (SSSR count). The molecule has 2 nitrogen and oxygen atoms in total. The summed E-state index contributed by atoms with van der Waals surface area (Å²) in [6.07, 6.45) is 8.39. The van der Waals surface area contributed by atoms with Crippen LogP contribution in [0.1, 0.15) is 57.1 Å². The highest BCUT2D eigenvalue weighted by molar-refractivity contribution is 5.53. The van der Waals surface area contributed by atoms with Crippen LogP contribution in [0, 0.1) is 17.8 Å². The Hall–Kier alpha value is -1.02. The van der Waals surface area contributed by atoms with E-state index in [1.807, 2.05) is 0 Å². The van der Waals surface area contributed by atoms with Gasteiger partial charge in [-0.3, -0.25) is 4.90 Å². The minimum atomic E-state index is 0.371. The molecule has 2 heteroatoms. The van der Waals surface area contributed by atoms with Crippen molar-refractivity contribution in [2.45, 2.75) is 63.8 Å². The Morgan fingerprint density at radius 3 is 2.71 bits per heavy atom. The largest absolute Gasteiger partial charge is 0.385 e. The van der Waals surface area contributed by atoms with Crippen LogP contribution in [0.5, 0.6) is 0 Å². The maximum absolute atomic E-state index is 3.70. The first-order valence-corrected chi connectivity index (χ1v) is 10.2. The van der Waals surface area contributed by atoms with Gasteiger partial charge in [-0.15, -0.1) is 0 Å². The smallest absolute Gasteiger partial charge is 0.0343 e. The van der Waals surface area contributed by atoms with E-state index in [2.05, 4.69) is 42.3 Å². The molecular formula is C22H32N2. The van der Waals surface area contributed by atoms with E-state index < -0.39 is 0 Å². The zero-order valence-electron chi connectivity index (χ0n) is 15.4. The van der Waals surface area contributed by atoms with Crippen molar-refractivity contribution in [2.24, 2.45) is 17.8 Å².